The Kier molecular flexibility index (Phi) is 3.91. The first kappa shape index (κ1) is 13.0. The van der Waals surface area contributed by atoms with Crippen molar-refractivity contribution >= 4 is 11.4 Å². The minimum Gasteiger partial charge on any atom is -0.384 e. The van der Waals surface area contributed by atoms with E-state index in [0.29, 0.717) is 0 Å². The van der Waals surface area contributed by atoms with Crippen LogP contribution in [-0.4, -0.2) is 6.54 Å². The highest BCUT2D eigenvalue weighted by Crippen LogP contribution is 2.27. The molecule has 0 aromatic heterocycles. The number of nitrogens with one attached hydrogen (secondary N) is 2. The standard InChI is InChI=1S/C18H22N2/c1-2-6-14-7-3-4-10-17(14)20-13-16-9-5-8-15-11-12-19-18(15)16/h3-5,7-10,19-20H,2,6,11-13H2,1H3. The van der Waals surface area contributed by atoms with E-state index < -0.39 is 0 Å². The van der Waals surface area contributed by atoms with E-state index >= 15 is 0 Å². The highest BCUT2D eigenvalue weighted by Gasteiger charge is 2.13. The molecule has 0 saturated heterocycles. The van der Waals surface area contributed by atoms with Gasteiger partial charge in [0.2, 0.25) is 0 Å². The summed E-state index contributed by atoms with van der Waals surface area (Å²) in [5, 5.41) is 7.11. The zero-order chi connectivity index (χ0) is 13.8. The Morgan fingerprint density at radius 2 is 1.90 bits per heavy atom. The summed E-state index contributed by atoms with van der Waals surface area (Å²) in [6.07, 6.45) is 3.46. The van der Waals surface area contributed by atoms with Crippen LogP contribution < -0.4 is 10.6 Å². The lowest BCUT2D eigenvalue weighted by Crippen LogP contribution is -2.05. The van der Waals surface area contributed by atoms with E-state index in [2.05, 4.69) is 60.0 Å². The van der Waals surface area contributed by atoms with Gasteiger partial charge in [-0.15, -0.1) is 0 Å². The number of fused-ring (bicyclic) bond motifs is 1. The molecule has 2 aromatic rings. The van der Waals surface area contributed by atoms with Crippen LogP contribution in [0, 0.1) is 0 Å². The molecule has 104 valence electrons. The molecule has 1 aliphatic heterocycles. The number of hydrogen-bond donors (Lipinski definition) is 2. The van der Waals surface area contributed by atoms with Gasteiger partial charge in [0.05, 0.1) is 0 Å². The summed E-state index contributed by atoms with van der Waals surface area (Å²) >= 11 is 0. The third kappa shape index (κ3) is 2.64. The summed E-state index contributed by atoms with van der Waals surface area (Å²) in [5.41, 5.74) is 6.84. The molecule has 0 spiro atoms. The zero-order valence-corrected chi connectivity index (χ0v) is 12.1. The molecule has 0 radical (unpaired) electrons. The number of hydrogen-bond acceptors (Lipinski definition) is 2. The molecule has 0 bridgehead atoms. The van der Waals surface area contributed by atoms with Gasteiger partial charge in [-0.1, -0.05) is 49.7 Å². The van der Waals surface area contributed by atoms with Gasteiger partial charge >= 0.3 is 0 Å². The maximum Gasteiger partial charge on any atom is 0.0424 e. The SMILES string of the molecule is CCCc1ccccc1NCc1cccc2c1NCC2. The third-order valence-corrected chi connectivity index (χ3v) is 3.94. The van der Waals surface area contributed by atoms with E-state index in [1.165, 1.54) is 34.5 Å². The van der Waals surface area contributed by atoms with Gasteiger partial charge < -0.3 is 10.6 Å². The van der Waals surface area contributed by atoms with E-state index in [4.69, 9.17) is 0 Å². The summed E-state index contributed by atoms with van der Waals surface area (Å²) in [6.45, 7) is 4.18. The van der Waals surface area contributed by atoms with Crippen molar-refractivity contribution in [1.29, 1.82) is 0 Å². The van der Waals surface area contributed by atoms with Gasteiger partial charge in [0, 0.05) is 24.5 Å². The largest absolute Gasteiger partial charge is 0.384 e. The first-order valence-electron chi connectivity index (χ1n) is 7.55. The van der Waals surface area contributed by atoms with Crippen LogP contribution in [0.3, 0.4) is 0 Å². The van der Waals surface area contributed by atoms with Crippen molar-refractivity contribution in [3.05, 3.63) is 59.2 Å². The highest BCUT2D eigenvalue weighted by molar-refractivity contribution is 5.62. The van der Waals surface area contributed by atoms with Crippen molar-refractivity contribution in [2.75, 3.05) is 17.2 Å². The fraction of sp³-hybridized carbons (Fsp3) is 0.333. The average molecular weight is 266 g/mol. The Morgan fingerprint density at radius 1 is 1.05 bits per heavy atom. The van der Waals surface area contributed by atoms with Gasteiger partial charge in [0.1, 0.15) is 0 Å². The molecule has 2 N–H and O–H groups in total. The Bertz CT molecular complexity index is 590. The van der Waals surface area contributed by atoms with Crippen LogP contribution >= 0.6 is 0 Å². The van der Waals surface area contributed by atoms with Crippen LogP contribution in [-0.2, 0) is 19.4 Å². The summed E-state index contributed by atoms with van der Waals surface area (Å²) in [7, 11) is 0. The van der Waals surface area contributed by atoms with Crippen LogP contribution in [0.4, 0.5) is 11.4 Å². The number of aryl methyl sites for hydroxylation is 1. The maximum atomic E-state index is 3.60. The van der Waals surface area contributed by atoms with E-state index in [9.17, 15) is 0 Å². The van der Waals surface area contributed by atoms with Crippen molar-refractivity contribution in [3.63, 3.8) is 0 Å². The second-order valence-corrected chi connectivity index (χ2v) is 5.39. The minimum atomic E-state index is 0.886. The number of para-hydroxylation sites is 2. The van der Waals surface area contributed by atoms with E-state index in [1.54, 1.807) is 0 Å². The monoisotopic (exact) mass is 266 g/mol. The average Bonchev–Trinajstić information content (AvgIpc) is 2.96. The number of anilines is 2. The predicted octanol–water partition coefficient (Wildman–Crippen LogP) is 4.22. The van der Waals surface area contributed by atoms with Gasteiger partial charge in [-0.2, -0.15) is 0 Å². The predicted molar refractivity (Wildman–Crippen MR) is 86.4 cm³/mol. The van der Waals surface area contributed by atoms with Gasteiger partial charge in [-0.05, 0) is 35.6 Å². The third-order valence-electron chi connectivity index (χ3n) is 3.94. The normalized spacial score (nSPS) is 12.8. The Labute approximate surface area is 121 Å². The van der Waals surface area contributed by atoms with E-state index in [1.807, 2.05) is 0 Å². The molecule has 1 aliphatic rings. The van der Waals surface area contributed by atoms with Gasteiger partial charge in [-0.25, -0.2) is 0 Å². The Balaban J connectivity index is 1.76. The van der Waals surface area contributed by atoms with Gasteiger partial charge in [-0.3, -0.25) is 0 Å². The fourth-order valence-electron chi connectivity index (χ4n) is 2.93. The summed E-state index contributed by atoms with van der Waals surface area (Å²) < 4.78 is 0. The van der Waals surface area contributed by atoms with Gasteiger partial charge in [0.25, 0.3) is 0 Å². The maximum absolute atomic E-state index is 3.60. The van der Waals surface area contributed by atoms with Crippen molar-refractivity contribution in [3.8, 4) is 0 Å². The lowest BCUT2D eigenvalue weighted by molar-refractivity contribution is 0.919. The molecule has 0 unspecified atom stereocenters. The van der Waals surface area contributed by atoms with Crippen molar-refractivity contribution < 1.29 is 0 Å². The highest BCUT2D eigenvalue weighted by atomic mass is 14.9. The lowest BCUT2D eigenvalue weighted by Gasteiger charge is -2.14. The second-order valence-electron chi connectivity index (χ2n) is 5.39. The van der Waals surface area contributed by atoms with Crippen LogP contribution in [0.15, 0.2) is 42.5 Å². The van der Waals surface area contributed by atoms with E-state index in [0.717, 1.165) is 25.9 Å². The van der Waals surface area contributed by atoms with E-state index in [-0.39, 0.29) is 0 Å². The number of benzene rings is 2. The molecule has 1 heterocycles. The Morgan fingerprint density at radius 3 is 2.80 bits per heavy atom. The molecular weight excluding hydrogens is 244 g/mol. The molecule has 2 nitrogen and oxygen atoms in total. The topological polar surface area (TPSA) is 24.1 Å². The molecule has 3 rings (SSSR count). The molecule has 0 fully saturated rings. The molecule has 20 heavy (non-hydrogen) atoms. The summed E-state index contributed by atoms with van der Waals surface area (Å²) in [4.78, 5) is 0. The van der Waals surface area contributed by atoms with Gasteiger partial charge in [0.15, 0.2) is 0 Å². The number of rotatable bonds is 5. The molecule has 2 aromatic carbocycles. The molecular formula is C18H22N2. The molecule has 0 aliphatic carbocycles. The summed E-state index contributed by atoms with van der Waals surface area (Å²) in [5.74, 6) is 0. The van der Waals surface area contributed by atoms with Crippen LogP contribution in [0.1, 0.15) is 30.0 Å². The smallest absolute Gasteiger partial charge is 0.0424 e. The minimum absolute atomic E-state index is 0.886. The van der Waals surface area contributed by atoms with Crippen molar-refractivity contribution in [1.82, 2.24) is 0 Å². The first-order valence-corrected chi connectivity index (χ1v) is 7.55. The summed E-state index contributed by atoms with van der Waals surface area (Å²) in [6, 6.07) is 15.2. The van der Waals surface area contributed by atoms with Crippen molar-refractivity contribution in [2.45, 2.75) is 32.7 Å². The van der Waals surface area contributed by atoms with Crippen LogP contribution in [0.5, 0.6) is 0 Å². The molecule has 0 atom stereocenters. The van der Waals surface area contributed by atoms with Crippen molar-refractivity contribution in [2.24, 2.45) is 0 Å². The van der Waals surface area contributed by atoms with Crippen LogP contribution in [0.25, 0.3) is 0 Å². The van der Waals surface area contributed by atoms with Crippen LogP contribution in [0.2, 0.25) is 0 Å². The zero-order valence-electron chi connectivity index (χ0n) is 12.1. The first-order chi connectivity index (χ1) is 9.88. The molecule has 0 amide bonds. The quantitative estimate of drug-likeness (QED) is 0.846. The molecule has 2 heteroatoms. The fourth-order valence-corrected chi connectivity index (χ4v) is 2.93. The Hall–Kier alpha value is -1.96. The second kappa shape index (κ2) is 6.00. The lowest BCUT2D eigenvalue weighted by atomic mass is 10.1. The molecule has 0 saturated carbocycles.